The Balaban J connectivity index is 4.38. The topological polar surface area (TPSA) is 78.4 Å². The molecule has 0 aliphatic rings. The third-order valence-corrected chi connectivity index (χ3v) is 2.03. The van der Waals surface area contributed by atoms with Crippen LogP contribution in [0.25, 0.3) is 0 Å². The second-order valence-electron chi connectivity index (χ2n) is 5.83. The van der Waals surface area contributed by atoms with Crippen molar-refractivity contribution in [1.82, 2.24) is 10.6 Å². The first-order valence-corrected chi connectivity index (χ1v) is 5.89. The molecule has 100 valence electrons. The largest absolute Gasteiger partial charge is 0.481 e. The van der Waals surface area contributed by atoms with Gasteiger partial charge in [0.2, 0.25) is 0 Å². The van der Waals surface area contributed by atoms with E-state index in [4.69, 9.17) is 5.11 Å². The third kappa shape index (κ3) is 9.66. The van der Waals surface area contributed by atoms with Gasteiger partial charge < -0.3 is 15.7 Å². The molecule has 1 atom stereocenters. The molecule has 3 N–H and O–H groups in total. The number of rotatable bonds is 5. The predicted molar refractivity (Wildman–Crippen MR) is 66.9 cm³/mol. The van der Waals surface area contributed by atoms with Gasteiger partial charge in [-0.25, -0.2) is 4.79 Å². The van der Waals surface area contributed by atoms with E-state index in [0.717, 1.165) is 0 Å². The number of nitrogens with one attached hydrogen (secondary N) is 2. The zero-order chi connectivity index (χ0) is 13.6. The maximum atomic E-state index is 11.5. The molecule has 17 heavy (non-hydrogen) atoms. The number of hydrogen-bond acceptors (Lipinski definition) is 2. The quantitative estimate of drug-likeness (QED) is 0.692. The summed E-state index contributed by atoms with van der Waals surface area (Å²) in [5.41, 5.74) is -0.0226. The zero-order valence-corrected chi connectivity index (χ0v) is 11.3. The van der Waals surface area contributed by atoms with Crippen LogP contribution in [0.3, 0.4) is 0 Å². The fourth-order valence-electron chi connectivity index (χ4n) is 1.61. The van der Waals surface area contributed by atoms with E-state index in [1.807, 2.05) is 34.6 Å². The van der Waals surface area contributed by atoms with E-state index >= 15 is 0 Å². The summed E-state index contributed by atoms with van der Waals surface area (Å²) in [4.78, 5) is 22.2. The molecule has 0 bridgehead atoms. The minimum atomic E-state index is -0.899. The average Bonchev–Trinajstić information content (AvgIpc) is 1.95. The molecule has 0 aromatic heterocycles. The fraction of sp³-hybridized carbons (Fsp3) is 0.833. The van der Waals surface area contributed by atoms with Crippen molar-refractivity contribution in [2.24, 2.45) is 5.41 Å². The molecule has 0 saturated carbocycles. The lowest BCUT2D eigenvalue weighted by atomic mass is 9.87. The first-order chi connectivity index (χ1) is 7.60. The normalized spacial score (nSPS) is 13.3. The van der Waals surface area contributed by atoms with Gasteiger partial charge >= 0.3 is 12.0 Å². The van der Waals surface area contributed by atoms with E-state index in [1.165, 1.54) is 0 Å². The number of hydrogen-bond donors (Lipinski definition) is 3. The van der Waals surface area contributed by atoms with Gasteiger partial charge in [-0.3, -0.25) is 4.79 Å². The highest BCUT2D eigenvalue weighted by atomic mass is 16.4. The van der Waals surface area contributed by atoms with Crippen LogP contribution in [0.5, 0.6) is 0 Å². The van der Waals surface area contributed by atoms with Crippen LogP contribution in [0.2, 0.25) is 0 Å². The summed E-state index contributed by atoms with van der Waals surface area (Å²) >= 11 is 0. The van der Waals surface area contributed by atoms with Crippen molar-refractivity contribution >= 4 is 12.0 Å². The zero-order valence-electron chi connectivity index (χ0n) is 11.3. The van der Waals surface area contributed by atoms with Crippen LogP contribution in [0, 0.1) is 5.41 Å². The molecule has 0 spiro atoms. The van der Waals surface area contributed by atoms with Crippen LogP contribution in [0.1, 0.15) is 47.5 Å². The van der Waals surface area contributed by atoms with Crippen molar-refractivity contribution in [3.8, 4) is 0 Å². The Morgan fingerprint density at radius 2 is 1.71 bits per heavy atom. The second kappa shape index (κ2) is 6.47. The van der Waals surface area contributed by atoms with Crippen molar-refractivity contribution < 1.29 is 14.7 Å². The van der Waals surface area contributed by atoms with Gasteiger partial charge in [0, 0.05) is 12.1 Å². The minimum absolute atomic E-state index is 0.0226. The molecular formula is C12H24N2O3. The highest BCUT2D eigenvalue weighted by molar-refractivity contribution is 5.75. The summed E-state index contributed by atoms with van der Waals surface area (Å²) in [5, 5.41) is 14.2. The van der Waals surface area contributed by atoms with Crippen LogP contribution in [0.15, 0.2) is 0 Å². The van der Waals surface area contributed by atoms with Gasteiger partial charge in [0.25, 0.3) is 0 Å². The van der Waals surface area contributed by atoms with Crippen LogP contribution < -0.4 is 10.6 Å². The first kappa shape index (κ1) is 15.7. The molecule has 1 unspecified atom stereocenters. The lowest BCUT2D eigenvalue weighted by Crippen LogP contribution is -2.46. The third-order valence-electron chi connectivity index (χ3n) is 2.03. The van der Waals surface area contributed by atoms with Gasteiger partial charge in [-0.15, -0.1) is 0 Å². The van der Waals surface area contributed by atoms with Crippen LogP contribution >= 0.6 is 0 Å². The molecule has 5 nitrogen and oxygen atoms in total. The van der Waals surface area contributed by atoms with Crippen molar-refractivity contribution in [1.29, 1.82) is 0 Å². The number of aliphatic carboxylic acids is 1. The van der Waals surface area contributed by atoms with Gasteiger partial charge in [0.15, 0.2) is 0 Å². The Bertz CT molecular complexity index is 269. The lowest BCUT2D eigenvalue weighted by Gasteiger charge is -2.26. The molecular weight excluding hydrogens is 220 g/mol. The van der Waals surface area contributed by atoms with E-state index < -0.39 is 5.97 Å². The van der Waals surface area contributed by atoms with Crippen molar-refractivity contribution in [3.05, 3.63) is 0 Å². The van der Waals surface area contributed by atoms with Crippen molar-refractivity contribution in [3.63, 3.8) is 0 Å². The Morgan fingerprint density at radius 1 is 1.18 bits per heavy atom. The molecule has 0 saturated heterocycles. The molecule has 0 rings (SSSR count). The Morgan fingerprint density at radius 3 is 2.06 bits per heavy atom. The summed E-state index contributed by atoms with van der Waals surface area (Å²) in [6.45, 7) is 9.77. The highest BCUT2D eigenvalue weighted by Crippen LogP contribution is 2.22. The van der Waals surface area contributed by atoms with E-state index in [-0.39, 0.29) is 30.0 Å². The molecule has 0 radical (unpaired) electrons. The van der Waals surface area contributed by atoms with E-state index in [9.17, 15) is 9.59 Å². The number of carbonyl (C=O) groups is 2. The summed E-state index contributed by atoms with van der Waals surface area (Å²) in [7, 11) is 0. The number of carboxylic acids is 1. The molecule has 0 aliphatic heterocycles. The summed E-state index contributed by atoms with van der Waals surface area (Å²) in [6.07, 6.45) is 0.577. The maximum Gasteiger partial charge on any atom is 0.315 e. The molecule has 0 fully saturated rings. The average molecular weight is 244 g/mol. The van der Waals surface area contributed by atoms with Crippen molar-refractivity contribution in [2.75, 3.05) is 0 Å². The predicted octanol–water partition coefficient (Wildman–Crippen LogP) is 1.97. The minimum Gasteiger partial charge on any atom is -0.481 e. The summed E-state index contributed by atoms with van der Waals surface area (Å²) in [6, 6.07) is -0.614. The van der Waals surface area contributed by atoms with Crippen LogP contribution in [-0.2, 0) is 4.79 Å². The van der Waals surface area contributed by atoms with Crippen LogP contribution in [0.4, 0.5) is 4.79 Å². The van der Waals surface area contributed by atoms with Crippen molar-refractivity contribution in [2.45, 2.75) is 59.5 Å². The van der Waals surface area contributed by atoms with Gasteiger partial charge in [-0.05, 0) is 25.7 Å². The number of urea groups is 1. The SMILES string of the molecule is CC(C)NC(=O)NC(CC(=O)O)CC(C)(C)C. The maximum absolute atomic E-state index is 11.5. The molecule has 0 heterocycles. The van der Waals surface area contributed by atoms with Gasteiger partial charge in [-0.2, -0.15) is 0 Å². The number of carbonyl (C=O) groups excluding carboxylic acids is 1. The van der Waals surface area contributed by atoms with Gasteiger partial charge in [0.05, 0.1) is 6.42 Å². The Hall–Kier alpha value is -1.26. The second-order valence-corrected chi connectivity index (χ2v) is 5.83. The summed E-state index contributed by atoms with van der Waals surface area (Å²) in [5.74, 6) is -0.899. The van der Waals surface area contributed by atoms with Crippen LogP contribution in [-0.4, -0.2) is 29.2 Å². The number of carboxylic acid groups (broad SMARTS) is 1. The first-order valence-electron chi connectivity index (χ1n) is 5.89. The number of amides is 2. The monoisotopic (exact) mass is 244 g/mol. The summed E-state index contributed by atoms with van der Waals surface area (Å²) < 4.78 is 0. The fourth-order valence-corrected chi connectivity index (χ4v) is 1.61. The molecule has 0 aromatic carbocycles. The molecule has 0 aliphatic carbocycles. The van der Waals surface area contributed by atoms with E-state index in [1.54, 1.807) is 0 Å². The molecule has 2 amide bonds. The Kier molecular flexibility index (Phi) is 5.99. The standard InChI is InChI=1S/C12H24N2O3/c1-8(2)13-11(17)14-9(6-10(15)16)7-12(3,4)5/h8-9H,6-7H2,1-5H3,(H,15,16)(H2,13,14,17). The van der Waals surface area contributed by atoms with E-state index in [0.29, 0.717) is 6.42 Å². The van der Waals surface area contributed by atoms with E-state index in [2.05, 4.69) is 10.6 Å². The van der Waals surface area contributed by atoms with Gasteiger partial charge in [-0.1, -0.05) is 20.8 Å². The molecule has 0 aromatic rings. The Labute approximate surface area is 103 Å². The van der Waals surface area contributed by atoms with Gasteiger partial charge in [0.1, 0.15) is 0 Å². The lowest BCUT2D eigenvalue weighted by molar-refractivity contribution is -0.137. The highest BCUT2D eigenvalue weighted by Gasteiger charge is 2.22. The molecule has 5 heteroatoms. The smallest absolute Gasteiger partial charge is 0.315 e.